The van der Waals surface area contributed by atoms with Crippen LogP contribution in [-0.2, 0) is 0 Å². The molecule has 5 nitrogen and oxygen atoms in total. The van der Waals surface area contributed by atoms with E-state index in [4.69, 9.17) is 4.98 Å². The first-order chi connectivity index (χ1) is 12.4. The Bertz CT molecular complexity index is 1020. The van der Waals surface area contributed by atoms with Gasteiger partial charge in [-0.1, -0.05) is 12.1 Å². The number of para-hydroxylation sites is 1. The van der Waals surface area contributed by atoms with Crippen LogP contribution in [0, 0.1) is 0 Å². The second kappa shape index (κ2) is 5.77. The zero-order valence-electron chi connectivity index (χ0n) is 13.9. The molecule has 1 saturated heterocycles. The van der Waals surface area contributed by atoms with Gasteiger partial charge in [0.15, 0.2) is 0 Å². The number of nitrogens with zero attached hydrogens (tertiary/aromatic N) is 5. The lowest BCUT2D eigenvalue weighted by molar-refractivity contribution is 0.648. The summed E-state index contributed by atoms with van der Waals surface area (Å²) in [4.78, 5) is 14.0. The number of hydrogen-bond donors (Lipinski definition) is 0. The van der Waals surface area contributed by atoms with Crippen LogP contribution < -0.4 is 9.80 Å². The fraction of sp³-hybridized carbons (Fsp3) is 0.200. The number of benzene rings is 1. The van der Waals surface area contributed by atoms with E-state index < -0.39 is 0 Å². The zero-order valence-corrected chi connectivity index (χ0v) is 13.9. The Morgan fingerprint density at radius 2 is 1.64 bits per heavy atom. The van der Waals surface area contributed by atoms with Gasteiger partial charge in [-0.05, 0) is 36.4 Å². The van der Waals surface area contributed by atoms with Crippen molar-refractivity contribution >= 4 is 28.1 Å². The first-order valence-electron chi connectivity index (χ1n) is 8.66. The van der Waals surface area contributed by atoms with E-state index in [0.29, 0.717) is 0 Å². The van der Waals surface area contributed by atoms with Crippen LogP contribution in [0.15, 0.2) is 67.1 Å². The molecule has 124 valence electrons. The van der Waals surface area contributed by atoms with E-state index in [1.807, 2.05) is 24.5 Å². The first-order valence-corrected chi connectivity index (χ1v) is 8.66. The van der Waals surface area contributed by atoms with Crippen LogP contribution in [0.3, 0.4) is 0 Å². The third kappa shape index (κ3) is 2.39. The molecule has 1 aliphatic heterocycles. The summed E-state index contributed by atoms with van der Waals surface area (Å²) in [5.41, 5.74) is 4.57. The molecule has 5 rings (SSSR count). The standard InChI is InChI=1S/C20H19N5/c1-2-9-21-19(8-1)24-13-11-23(12-14-24)17-6-3-7-18-20(17)22-15-16-5-4-10-25(16)18/h1-10,15H,11-14H2. The van der Waals surface area contributed by atoms with E-state index >= 15 is 0 Å². The van der Waals surface area contributed by atoms with Gasteiger partial charge in [0.25, 0.3) is 0 Å². The summed E-state index contributed by atoms with van der Waals surface area (Å²) >= 11 is 0. The van der Waals surface area contributed by atoms with Gasteiger partial charge in [-0.15, -0.1) is 0 Å². The minimum absolute atomic E-state index is 0.971. The number of hydrogen-bond acceptors (Lipinski definition) is 4. The van der Waals surface area contributed by atoms with E-state index in [2.05, 4.69) is 61.8 Å². The number of fused-ring (bicyclic) bond motifs is 3. The Morgan fingerprint density at radius 1 is 0.760 bits per heavy atom. The van der Waals surface area contributed by atoms with Gasteiger partial charge in [0, 0.05) is 38.6 Å². The zero-order chi connectivity index (χ0) is 16.6. The highest BCUT2D eigenvalue weighted by Gasteiger charge is 2.20. The molecule has 1 aromatic carbocycles. The monoisotopic (exact) mass is 329 g/mol. The molecule has 0 bridgehead atoms. The molecular weight excluding hydrogens is 310 g/mol. The van der Waals surface area contributed by atoms with Crippen molar-refractivity contribution in [2.24, 2.45) is 0 Å². The second-order valence-corrected chi connectivity index (χ2v) is 6.37. The molecule has 0 amide bonds. The summed E-state index contributed by atoms with van der Waals surface area (Å²) < 4.78 is 2.20. The Labute approximate surface area is 146 Å². The van der Waals surface area contributed by atoms with Crippen molar-refractivity contribution in [3.63, 3.8) is 0 Å². The molecule has 1 aliphatic rings. The van der Waals surface area contributed by atoms with Gasteiger partial charge in [-0.3, -0.25) is 4.98 Å². The fourth-order valence-corrected chi connectivity index (χ4v) is 3.67. The van der Waals surface area contributed by atoms with Gasteiger partial charge < -0.3 is 14.2 Å². The number of aromatic nitrogens is 3. The van der Waals surface area contributed by atoms with Crippen molar-refractivity contribution in [3.8, 4) is 0 Å². The van der Waals surface area contributed by atoms with Crippen LogP contribution in [0.4, 0.5) is 11.5 Å². The Balaban J connectivity index is 1.46. The molecule has 0 spiro atoms. The van der Waals surface area contributed by atoms with Gasteiger partial charge in [0.2, 0.25) is 0 Å². The van der Waals surface area contributed by atoms with Crippen molar-refractivity contribution in [1.82, 2.24) is 14.4 Å². The largest absolute Gasteiger partial charge is 0.366 e. The molecule has 1 fully saturated rings. The lowest BCUT2D eigenvalue weighted by atomic mass is 10.2. The van der Waals surface area contributed by atoms with Crippen molar-refractivity contribution in [2.75, 3.05) is 36.0 Å². The minimum Gasteiger partial charge on any atom is -0.366 e. The molecule has 5 heteroatoms. The predicted octanol–water partition coefficient (Wildman–Crippen LogP) is 3.21. The maximum Gasteiger partial charge on any atom is 0.128 e. The molecule has 3 aromatic heterocycles. The van der Waals surface area contributed by atoms with Crippen molar-refractivity contribution < 1.29 is 0 Å². The van der Waals surface area contributed by atoms with Crippen LogP contribution in [0.2, 0.25) is 0 Å². The number of anilines is 2. The van der Waals surface area contributed by atoms with Crippen LogP contribution in [0.5, 0.6) is 0 Å². The first kappa shape index (κ1) is 14.3. The summed E-state index contributed by atoms with van der Waals surface area (Å²) in [6, 6.07) is 16.7. The normalized spacial score (nSPS) is 15.2. The minimum atomic E-state index is 0.971. The van der Waals surface area contributed by atoms with Crippen molar-refractivity contribution in [2.45, 2.75) is 0 Å². The molecule has 0 N–H and O–H groups in total. The lowest BCUT2D eigenvalue weighted by Crippen LogP contribution is -2.46. The highest BCUT2D eigenvalue weighted by molar-refractivity contribution is 5.90. The summed E-state index contributed by atoms with van der Waals surface area (Å²) in [6.45, 7) is 3.89. The van der Waals surface area contributed by atoms with E-state index in [1.54, 1.807) is 0 Å². The molecule has 25 heavy (non-hydrogen) atoms. The maximum absolute atomic E-state index is 4.75. The summed E-state index contributed by atoms with van der Waals surface area (Å²) in [5.74, 6) is 1.06. The smallest absolute Gasteiger partial charge is 0.128 e. The third-order valence-electron chi connectivity index (χ3n) is 4.95. The summed E-state index contributed by atoms with van der Waals surface area (Å²) in [6.07, 6.45) is 5.91. The van der Waals surface area contributed by atoms with Crippen LogP contribution in [0.25, 0.3) is 16.6 Å². The average molecular weight is 329 g/mol. The summed E-state index contributed by atoms with van der Waals surface area (Å²) in [7, 11) is 0. The average Bonchev–Trinajstić information content (AvgIpc) is 3.18. The van der Waals surface area contributed by atoms with Crippen LogP contribution in [0.1, 0.15) is 0 Å². The highest BCUT2D eigenvalue weighted by atomic mass is 15.3. The van der Waals surface area contributed by atoms with Crippen LogP contribution >= 0.6 is 0 Å². The van der Waals surface area contributed by atoms with E-state index in [0.717, 1.165) is 48.5 Å². The Morgan fingerprint density at radius 3 is 2.48 bits per heavy atom. The molecule has 0 radical (unpaired) electrons. The molecular formula is C20H19N5. The maximum atomic E-state index is 4.75. The molecule has 0 aliphatic carbocycles. The van der Waals surface area contributed by atoms with Gasteiger partial charge in [-0.2, -0.15) is 0 Å². The molecule has 4 heterocycles. The SMILES string of the molecule is c1ccc(N2CCN(c3cccc4c3ncc3cccn34)CC2)nc1. The molecule has 0 saturated carbocycles. The quantitative estimate of drug-likeness (QED) is 0.566. The number of piperazine rings is 1. The van der Waals surface area contributed by atoms with E-state index in [1.165, 1.54) is 5.69 Å². The van der Waals surface area contributed by atoms with Gasteiger partial charge >= 0.3 is 0 Å². The Hall–Kier alpha value is -3.08. The van der Waals surface area contributed by atoms with Crippen LogP contribution in [-0.4, -0.2) is 40.5 Å². The van der Waals surface area contributed by atoms with Gasteiger partial charge in [0.1, 0.15) is 11.3 Å². The number of pyridine rings is 1. The van der Waals surface area contributed by atoms with Crippen molar-refractivity contribution in [1.29, 1.82) is 0 Å². The molecule has 0 unspecified atom stereocenters. The topological polar surface area (TPSA) is 36.7 Å². The molecule has 4 aromatic rings. The van der Waals surface area contributed by atoms with Gasteiger partial charge in [-0.25, -0.2) is 4.98 Å². The highest BCUT2D eigenvalue weighted by Crippen LogP contribution is 2.27. The van der Waals surface area contributed by atoms with E-state index in [9.17, 15) is 0 Å². The number of rotatable bonds is 2. The van der Waals surface area contributed by atoms with Gasteiger partial charge in [0.05, 0.1) is 22.9 Å². The fourth-order valence-electron chi connectivity index (χ4n) is 3.67. The second-order valence-electron chi connectivity index (χ2n) is 6.37. The summed E-state index contributed by atoms with van der Waals surface area (Å²) in [5, 5.41) is 0. The lowest BCUT2D eigenvalue weighted by Gasteiger charge is -2.37. The van der Waals surface area contributed by atoms with Crippen molar-refractivity contribution in [3.05, 3.63) is 67.1 Å². The Kier molecular flexibility index (Phi) is 3.30. The molecule has 0 atom stereocenters. The predicted molar refractivity (Wildman–Crippen MR) is 101 cm³/mol. The third-order valence-corrected chi connectivity index (χ3v) is 4.95. The van der Waals surface area contributed by atoms with E-state index in [-0.39, 0.29) is 0 Å².